The predicted molar refractivity (Wildman–Crippen MR) is 70.5 cm³/mol. The zero-order valence-electron chi connectivity index (χ0n) is 9.96. The maximum absolute atomic E-state index is 11.6. The molecule has 4 N–H and O–H groups in total. The van der Waals surface area contributed by atoms with Gasteiger partial charge >= 0.3 is 5.69 Å². The van der Waals surface area contributed by atoms with E-state index in [9.17, 15) is 4.79 Å². The van der Waals surface area contributed by atoms with Crippen LogP contribution in [0.15, 0.2) is 33.2 Å². The van der Waals surface area contributed by atoms with Crippen molar-refractivity contribution in [1.29, 1.82) is 5.41 Å². The second-order valence-electron chi connectivity index (χ2n) is 4.29. The largest absolute Gasteiger partial charge is 0.382 e. The van der Waals surface area contributed by atoms with Crippen LogP contribution in [0.25, 0.3) is 0 Å². The molecule has 0 saturated heterocycles. The average molecular weight is 276 g/mol. The molecule has 0 aliphatic heterocycles. The van der Waals surface area contributed by atoms with E-state index in [1.165, 1.54) is 11.8 Å². The topological polar surface area (TPSA) is 113 Å². The number of H-pyrrole nitrogens is 1. The average Bonchev–Trinajstić information content (AvgIpc) is 3.15. The maximum atomic E-state index is 11.6. The van der Waals surface area contributed by atoms with Gasteiger partial charge in [0.2, 0.25) is 0 Å². The Bertz CT molecular complexity index is 686. The molecule has 1 aliphatic rings. The van der Waals surface area contributed by atoms with E-state index in [4.69, 9.17) is 11.1 Å². The van der Waals surface area contributed by atoms with E-state index in [0.717, 1.165) is 12.8 Å². The lowest BCUT2D eigenvalue weighted by atomic mass is 10.3. The second kappa shape index (κ2) is 4.54. The molecule has 98 valence electrons. The van der Waals surface area contributed by atoms with Gasteiger partial charge < -0.3 is 5.73 Å². The van der Waals surface area contributed by atoms with Crippen LogP contribution in [-0.4, -0.2) is 25.6 Å². The summed E-state index contributed by atoms with van der Waals surface area (Å²) >= 11 is 1.29. The molecule has 0 amide bonds. The van der Waals surface area contributed by atoms with Crippen LogP contribution in [0.5, 0.6) is 0 Å². The van der Waals surface area contributed by atoms with Crippen LogP contribution in [0, 0.1) is 5.41 Å². The van der Waals surface area contributed by atoms with Gasteiger partial charge in [-0.15, -0.1) is 5.10 Å². The van der Waals surface area contributed by atoms with Gasteiger partial charge in [-0.05, 0) is 36.7 Å². The van der Waals surface area contributed by atoms with E-state index < -0.39 is 0 Å². The molecule has 0 atom stereocenters. The molecular formula is C11H12N6OS. The molecule has 3 rings (SSSR count). The highest BCUT2D eigenvalue weighted by Crippen LogP contribution is 2.37. The minimum atomic E-state index is -0.187. The Labute approximate surface area is 112 Å². The van der Waals surface area contributed by atoms with E-state index in [-0.39, 0.29) is 17.6 Å². The summed E-state index contributed by atoms with van der Waals surface area (Å²) in [5.41, 5.74) is 5.63. The molecule has 1 fully saturated rings. The van der Waals surface area contributed by atoms with Gasteiger partial charge in [0.25, 0.3) is 0 Å². The summed E-state index contributed by atoms with van der Waals surface area (Å²) in [6.07, 6.45) is 2.02. The molecule has 0 aromatic carbocycles. The predicted octanol–water partition coefficient (Wildman–Crippen LogP) is 0.737. The van der Waals surface area contributed by atoms with E-state index >= 15 is 0 Å². The Hall–Kier alpha value is -2.09. The zero-order chi connectivity index (χ0) is 13.4. The quantitative estimate of drug-likeness (QED) is 0.563. The fourth-order valence-electron chi connectivity index (χ4n) is 1.73. The third-order valence-electron chi connectivity index (χ3n) is 2.78. The summed E-state index contributed by atoms with van der Waals surface area (Å²) in [6, 6.07) is 5.50. The number of hydrogen-bond donors (Lipinski definition) is 3. The smallest absolute Gasteiger partial charge is 0.344 e. The van der Waals surface area contributed by atoms with Crippen molar-refractivity contribution in [2.24, 2.45) is 5.73 Å². The molecule has 1 aliphatic carbocycles. The van der Waals surface area contributed by atoms with Gasteiger partial charge in [0.15, 0.2) is 5.16 Å². The van der Waals surface area contributed by atoms with Crippen molar-refractivity contribution < 1.29 is 0 Å². The monoisotopic (exact) mass is 276 g/mol. The van der Waals surface area contributed by atoms with Gasteiger partial charge in [0.1, 0.15) is 16.6 Å². The van der Waals surface area contributed by atoms with Crippen molar-refractivity contribution in [2.45, 2.75) is 29.1 Å². The number of nitrogens with two attached hydrogens (primary N) is 1. The number of hydrogen-bond acceptors (Lipinski definition) is 5. The molecule has 0 radical (unpaired) electrons. The number of nitrogens with zero attached hydrogens (tertiary/aromatic N) is 3. The third kappa shape index (κ3) is 2.39. The fourth-order valence-corrected chi connectivity index (χ4v) is 2.63. The van der Waals surface area contributed by atoms with E-state index in [2.05, 4.69) is 15.2 Å². The SMILES string of the molecule is N=C(N)c1cccc(Sc2n[nH]c(=O)n2C2CC2)n1. The van der Waals surface area contributed by atoms with Gasteiger partial charge in [-0.2, -0.15) is 0 Å². The Morgan fingerprint density at radius 3 is 3.00 bits per heavy atom. The maximum Gasteiger partial charge on any atom is 0.344 e. The van der Waals surface area contributed by atoms with Crippen molar-refractivity contribution in [3.05, 3.63) is 34.4 Å². The minimum absolute atomic E-state index is 0.0796. The number of pyridine rings is 1. The first-order valence-corrected chi connectivity index (χ1v) is 6.63. The molecule has 1 saturated carbocycles. The summed E-state index contributed by atoms with van der Waals surface area (Å²) in [5, 5.41) is 15.1. The van der Waals surface area contributed by atoms with Crippen LogP contribution in [0.2, 0.25) is 0 Å². The fraction of sp³-hybridized carbons (Fsp3) is 0.273. The highest BCUT2D eigenvalue weighted by Gasteiger charge is 2.28. The lowest BCUT2D eigenvalue weighted by Crippen LogP contribution is -2.16. The third-order valence-corrected chi connectivity index (χ3v) is 3.69. The number of nitrogens with one attached hydrogen (secondary N) is 2. The highest BCUT2D eigenvalue weighted by molar-refractivity contribution is 7.99. The van der Waals surface area contributed by atoms with Gasteiger partial charge in [-0.3, -0.25) is 9.98 Å². The summed E-state index contributed by atoms with van der Waals surface area (Å²) < 4.78 is 1.66. The van der Waals surface area contributed by atoms with Gasteiger partial charge in [-0.25, -0.2) is 14.9 Å². The van der Waals surface area contributed by atoms with E-state index in [0.29, 0.717) is 15.9 Å². The number of nitrogen functional groups attached to an aromatic ring is 1. The van der Waals surface area contributed by atoms with Crippen LogP contribution in [0.3, 0.4) is 0 Å². The van der Waals surface area contributed by atoms with Crippen molar-refractivity contribution >= 4 is 17.6 Å². The van der Waals surface area contributed by atoms with Crippen LogP contribution in [0.1, 0.15) is 24.6 Å². The van der Waals surface area contributed by atoms with Crippen molar-refractivity contribution in [2.75, 3.05) is 0 Å². The summed E-state index contributed by atoms with van der Waals surface area (Å²) in [7, 11) is 0. The van der Waals surface area contributed by atoms with E-state index in [1.54, 1.807) is 22.8 Å². The van der Waals surface area contributed by atoms with E-state index in [1.807, 2.05) is 0 Å². The Kier molecular flexibility index (Phi) is 2.86. The van der Waals surface area contributed by atoms with Crippen LogP contribution in [-0.2, 0) is 0 Å². The molecule has 2 heterocycles. The molecule has 2 aromatic rings. The minimum Gasteiger partial charge on any atom is -0.382 e. The molecule has 0 unspecified atom stereocenters. The summed E-state index contributed by atoms with van der Waals surface area (Å²) in [6.45, 7) is 0. The lowest BCUT2D eigenvalue weighted by Gasteiger charge is -2.04. The first-order valence-electron chi connectivity index (χ1n) is 5.81. The van der Waals surface area contributed by atoms with Crippen LogP contribution >= 0.6 is 11.8 Å². The molecule has 7 nitrogen and oxygen atoms in total. The van der Waals surface area contributed by atoms with Crippen LogP contribution in [0.4, 0.5) is 0 Å². The Morgan fingerprint density at radius 2 is 2.32 bits per heavy atom. The standard InChI is InChI=1S/C11H12N6OS/c12-9(13)7-2-1-3-8(14-7)19-11-16-15-10(18)17(11)6-4-5-6/h1-3,6H,4-5H2,(H3,12,13)(H,15,18). The van der Waals surface area contributed by atoms with Crippen molar-refractivity contribution in [3.63, 3.8) is 0 Å². The van der Waals surface area contributed by atoms with Crippen LogP contribution < -0.4 is 11.4 Å². The number of aromatic nitrogens is 4. The zero-order valence-corrected chi connectivity index (χ0v) is 10.8. The first-order chi connectivity index (χ1) is 9.15. The van der Waals surface area contributed by atoms with Gasteiger partial charge in [0, 0.05) is 6.04 Å². The molecular weight excluding hydrogens is 264 g/mol. The molecule has 0 spiro atoms. The molecule has 2 aromatic heterocycles. The Morgan fingerprint density at radius 1 is 1.53 bits per heavy atom. The Balaban J connectivity index is 1.91. The summed E-state index contributed by atoms with van der Waals surface area (Å²) in [4.78, 5) is 15.9. The highest BCUT2D eigenvalue weighted by atomic mass is 32.2. The number of rotatable bonds is 4. The first kappa shape index (κ1) is 12.0. The van der Waals surface area contributed by atoms with Crippen molar-refractivity contribution in [3.8, 4) is 0 Å². The summed E-state index contributed by atoms with van der Waals surface area (Å²) in [5.74, 6) is -0.0796. The van der Waals surface area contributed by atoms with Gasteiger partial charge in [-0.1, -0.05) is 6.07 Å². The molecule has 19 heavy (non-hydrogen) atoms. The molecule has 8 heteroatoms. The normalized spacial score (nSPS) is 14.5. The number of amidine groups is 1. The van der Waals surface area contributed by atoms with Crippen molar-refractivity contribution in [1.82, 2.24) is 19.7 Å². The second-order valence-corrected chi connectivity index (χ2v) is 5.28. The lowest BCUT2D eigenvalue weighted by molar-refractivity contribution is 0.642. The molecule has 0 bridgehead atoms. The van der Waals surface area contributed by atoms with Gasteiger partial charge in [0.05, 0.1) is 0 Å². The number of aromatic amines is 1.